The van der Waals surface area contributed by atoms with E-state index in [-0.39, 0.29) is 0 Å². The fourth-order valence-corrected chi connectivity index (χ4v) is 2.32. The zero-order valence-electron chi connectivity index (χ0n) is 10.6. The Morgan fingerprint density at radius 2 is 2.11 bits per heavy atom. The molecule has 0 aliphatic heterocycles. The van der Waals surface area contributed by atoms with Crippen LogP contribution in [0.5, 0.6) is 0 Å². The number of fused-ring (bicyclic) bond motifs is 1. The van der Waals surface area contributed by atoms with E-state index in [1.54, 1.807) is 12.5 Å². The minimum Gasteiger partial charge on any atom is -0.336 e. The summed E-state index contributed by atoms with van der Waals surface area (Å²) in [5, 5.41) is 0. The number of halogens is 1. The molecule has 19 heavy (non-hydrogen) atoms. The van der Waals surface area contributed by atoms with Crippen molar-refractivity contribution in [1.82, 2.24) is 24.1 Å². The fourth-order valence-electron chi connectivity index (χ4n) is 2.11. The van der Waals surface area contributed by atoms with Crippen LogP contribution in [-0.2, 0) is 19.0 Å². The first-order valence-corrected chi connectivity index (χ1v) is 6.66. The maximum atomic E-state index is 5.97. The fraction of sp³-hybridized carbons (Fsp3) is 0.308. The third-order valence-corrected chi connectivity index (χ3v) is 3.31. The van der Waals surface area contributed by atoms with Gasteiger partial charge in [0.15, 0.2) is 5.65 Å². The maximum Gasteiger partial charge on any atom is 0.160 e. The van der Waals surface area contributed by atoms with Crippen LogP contribution in [0, 0.1) is 6.92 Å². The van der Waals surface area contributed by atoms with Gasteiger partial charge in [0.25, 0.3) is 0 Å². The van der Waals surface area contributed by atoms with Crippen LogP contribution in [0.2, 0.25) is 0 Å². The highest BCUT2D eigenvalue weighted by atomic mass is 35.5. The summed E-state index contributed by atoms with van der Waals surface area (Å²) in [4.78, 5) is 13.1. The average molecular weight is 276 g/mol. The molecule has 0 radical (unpaired) electrons. The summed E-state index contributed by atoms with van der Waals surface area (Å²) in [7, 11) is 0. The molecule has 3 rings (SSSR count). The molecular weight excluding hydrogens is 262 g/mol. The molecule has 5 nitrogen and oxygen atoms in total. The molecular formula is C13H14ClN5. The number of imidazole rings is 2. The number of aryl methyl sites for hydroxylation is 3. The van der Waals surface area contributed by atoms with Crippen LogP contribution in [0.3, 0.4) is 0 Å². The standard InChI is InChI=1S/C13H14ClN5/c1-10-2-3-11-13(16-10)19(12(8-14)17-11)7-6-18-5-4-15-9-18/h2-5,9H,6-8H2,1H3. The van der Waals surface area contributed by atoms with E-state index in [9.17, 15) is 0 Å². The SMILES string of the molecule is Cc1ccc2nc(CCl)n(CCn3ccnc3)c2n1. The monoisotopic (exact) mass is 275 g/mol. The summed E-state index contributed by atoms with van der Waals surface area (Å²) in [6, 6.07) is 3.95. The van der Waals surface area contributed by atoms with Crippen molar-refractivity contribution in [2.75, 3.05) is 0 Å². The van der Waals surface area contributed by atoms with Gasteiger partial charge < -0.3 is 9.13 Å². The molecule has 0 spiro atoms. The van der Waals surface area contributed by atoms with Crippen molar-refractivity contribution in [1.29, 1.82) is 0 Å². The van der Waals surface area contributed by atoms with Crippen LogP contribution in [0.15, 0.2) is 30.9 Å². The molecule has 0 bridgehead atoms. The van der Waals surface area contributed by atoms with E-state index in [1.165, 1.54) is 0 Å². The van der Waals surface area contributed by atoms with Gasteiger partial charge in [-0.15, -0.1) is 11.6 Å². The molecule has 0 aliphatic carbocycles. The van der Waals surface area contributed by atoms with Gasteiger partial charge in [0, 0.05) is 31.2 Å². The Kier molecular flexibility index (Phi) is 3.21. The zero-order valence-corrected chi connectivity index (χ0v) is 11.4. The van der Waals surface area contributed by atoms with Gasteiger partial charge in [0.2, 0.25) is 0 Å². The Hall–Kier alpha value is -1.88. The molecule has 0 aliphatic rings. The number of hydrogen-bond acceptors (Lipinski definition) is 3. The van der Waals surface area contributed by atoms with E-state index in [1.807, 2.05) is 29.8 Å². The van der Waals surface area contributed by atoms with Crippen molar-refractivity contribution < 1.29 is 0 Å². The van der Waals surface area contributed by atoms with Gasteiger partial charge in [-0.25, -0.2) is 15.0 Å². The molecule has 0 fully saturated rings. The third-order valence-electron chi connectivity index (χ3n) is 3.07. The second kappa shape index (κ2) is 5.01. The number of alkyl halides is 1. The molecule has 0 aromatic carbocycles. The van der Waals surface area contributed by atoms with E-state index in [0.717, 1.165) is 35.8 Å². The van der Waals surface area contributed by atoms with Gasteiger partial charge >= 0.3 is 0 Å². The van der Waals surface area contributed by atoms with E-state index in [2.05, 4.69) is 19.5 Å². The lowest BCUT2D eigenvalue weighted by atomic mass is 10.3. The first kappa shape index (κ1) is 12.2. The van der Waals surface area contributed by atoms with Crippen LogP contribution >= 0.6 is 11.6 Å². The Balaban J connectivity index is 1.97. The van der Waals surface area contributed by atoms with E-state index in [4.69, 9.17) is 11.6 Å². The summed E-state index contributed by atoms with van der Waals surface area (Å²) in [5.74, 6) is 1.24. The highest BCUT2D eigenvalue weighted by Gasteiger charge is 2.11. The van der Waals surface area contributed by atoms with Gasteiger partial charge in [0.05, 0.1) is 12.2 Å². The van der Waals surface area contributed by atoms with Gasteiger partial charge in [0.1, 0.15) is 11.3 Å². The molecule has 0 saturated heterocycles. The number of aromatic nitrogens is 5. The minimum absolute atomic E-state index is 0.388. The second-order valence-electron chi connectivity index (χ2n) is 4.41. The number of pyridine rings is 1. The summed E-state index contributed by atoms with van der Waals surface area (Å²) in [5.41, 5.74) is 2.78. The van der Waals surface area contributed by atoms with Gasteiger partial charge in [-0.1, -0.05) is 0 Å². The molecule has 0 atom stereocenters. The summed E-state index contributed by atoms with van der Waals surface area (Å²) in [6.45, 7) is 3.59. The quantitative estimate of drug-likeness (QED) is 0.687. The number of nitrogens with zero attached hydrogens (tertiary/aromatic N) is 5. The second-order valence-corrected chi connectivity index (χ2v) is 4.68. The lowest BCUT2D eigenvalue weighted by Crippen LogP contribution is -2.09. The third kappa shape index (κ3) is 2.33. The normalized spacial score (nSPS) is 11.3. The zero-order chi connectivity index (χ0) is 13.2. The Labute approximate surface area is 115 Å². The Morgan fingerprint density at radius 1 is 1.21 bits per heavy atom. The Bertz CT molecular complexity index is 686. The van der Waals surface area contributed by atoms with Crippen LogP contribution in [0.4, 0.5) is 0 Å². The maximum absolute atomic E-state index is 5.97. The molecule has 0 N–H and O–H groups in total. The highest BCUT2D eigenvalue weighted by Crippen LogP contribution is 2.16. The number of hydrogen-bond donors (Lipinski definition) is 0. The van der Waals surface area contributed by atoms with E-state index in [0.29, 0.717) is 5.88 Å². The lowest BCUT2D eigenvalue weighted by Gasteiger charge is -2.07. The van der Waals surface area contributed by atoms with Gasteiger partial charge in [-0.2, -0.15) is 0 Å². The van der Waals surface area contributed by atoms with Gasteiger partial charge in [-0.3, -0.25) is 0 Å². The molecule has 0 unspecified atom stereocenters. The van der Waals surface area contributed by atoms with Crippen LogP contribution in [-0.4, -0.2) is 24.1 Å². The summed E-state index contributed by atoms with van der Waals surface area (Å²) < 4.78 is 4.11. The molecule has 6 heteroatoms. The first-order chi connectivity index (χ1) is 9.28. The first-order valence-electron chi connectivity index (χ1n) is 6.12. The molecule has 3 heterocycles. The van der Waals surface area contributed by atoms with Crippen molar-refractivity contribution >= 4 is 22.8 Å². The van der Waals surface area contributed by atoms with Crippen molar-refractivity contribution in [3.8, 4) is 0 Å². The summed E-state index contributed by atoms with van der Waals surface area (Å²) >= 11 is 5.97. The largest absolute Gasteiger partial charge is 0.336 e. The van der Waals surface area contributed by atoms with E-state index >= 15 is 0 Å². The van der Waals surface area contributed by atoms with Crippen molar-refractivity contribution in [2.24, 2.45) is 0 Å². The van der Waals surface area contributed by atoms with Crippen LogP contribution < -0.4 is 0 Å². The predicted octanol–water partition coefficient (Wildman–Crippen LogP) is 2.38. The van der Waals surface area contributed by atoms with Crippen molar-refractivity contribution in [3.05, 3.63) is 42.4 Å². The van der Waals surface area contributed by atoms with E-state index < -0.39 is 0 Å². The highest BCUT2D eigenvalue weighted by molar-refractivity contribution is 6.16. The predicted molar refractivity (Wildman–Crippen MR) is 74.0 cm³/mol. The van der Waals surface area contributed by atoms with Crippen molar-refractivity contribution in [3.63, 3.8) is 0 Å². The topological polar surface area (TPSA) is 48.5 Å². The molecule has 3 aromatic rings. The molecule has 0 saturated carbocycles. The van der Waals surface area contributed by atoms with Crippen LogP contribution in [0.1, 0.15) is 11.5 Å². The lowest BCUT2D eigenvalue weighted by molar-refractivity contribution is 0.574. The smallest absolute Gasteiger partial charge is 0.160 e. The van der Waals surface area contributed by atoms with Gasteiger partial charge in [-0.05, 0) is 19.1 Å². The number of rotatable bonds is 4. The van der Waals surface area contributed by atoms with Crippen LogP contribution in [0.25, 0.3) is 11.2 Å². The molecule has 98 valence electrons. The minimum atomic E-state index is 0.388. The Morgan fingerprint density at radius 3 is 2.84 bits per heavy atom. The molecule has 0 amide bonds. The average Bonchev–Trinajstić information content (AvgIpc) is 3.03. The molecule has 3 aromatic heterocycles. The summed E-state index contributed by atoms with van der Waals surface area (Å²) in [6.07, 6.45) is 5.52. The van der Waals surface area contributed by atoms with Crippen molar-refractivity contribution in [2.45, 2.75) is 25.9 Å².